The number of halogens is 2. The minimum absolute atomic E-state index is 0.0214. The molecule has 0 aliphatic carbocycles. The van der Waals surface area contributed by atoms with Gasteiger partial charge in [0.1, 0.15) is 11.8 Å². The molecule has 0 amide bonds. The number of carboxylic acid groups (broad SMARTS) is 1. The van der Waals surface area contributed by atoms with Crippen molar-refractivity contribution in [1.29, 1.82) is 5.26 Å². The number of ether oxygens (including phenoxy) is 1. The highest BCUT2D eigenvalue weighted by Gasteiger charge is 2.13. The summed E-state index contributed by atoms with van der Waals surface area (Å²) in [6, 6.07) is 11.0. The first-order valence-electron chi connectivity index (χ1n) is 5.88. The zero-order chi connectivity index (χ0) is 15.4. The lowest BCUT2D eigenvalue weighted by molar-refractivity contribution is -0.136. The van der Waals surface area contributed by atoms with E-state index in [9.17, 15) is 9.18 Å². The van der Waals surface area contributed by atoms with E-state index in [0.29, 0.717) is 11.3 Å². The van der Waals surface area contributed by atoms with Gasteiger partial charge in [-0.3, -0.25) is 4.79 Å². The number of hydrogen-bond donors (Lipinski definition) is 1. The molecule has 2 aromatic rings. The fourth-order valence-electron chi connectivity index (χ4n) is 1.67. The van der Waals surface area contributed by atoms with E-state index >= 15 is 0 Å². The molecule has 0 unspecified atom stereocenters. The van der Waals surface area contributed by atoms with Crippen LogP contribution in [-0.4, -0.2) is 11.1 Å². The van der Waals surface area contributed by atoms with E-state index in [-0.39, 0.29) is 22.2 Å². The number of carbonyl (C=O) groups is 1. The zero-order valence-electron chi connectivity index (χ0n) is 10.6. The first kappa shape index (κ1) is 15.0. The van der Waals surface area contributed by atoms with E-state index in [1.807, 2.05) is 6.07 Å². The van der Waals surface area contributed by atoms with Crippen LogP contribution in [0.1, 0.15) is 11.1 Å². The summed E-state index contributed by atoms with van der Waals surface area (Å²) in [6.45, 7) is 0. The third-order valence-electron chi connectivity index (χ3n) is 2.67. The van der Waals surface area contributed by atoms with Crippen molar-refractivity contribution in [2.45, 2.75) is 6.42 Å². The Kier molecular flexibility index (Phi) is 4.55. The highest BCUT2D eigenvalue weighted by atomic mass is 79.9. The average molecular weight is 350 g/mol. The predicted octanol–water partition coefficient (Wildman–Crippen LogP) is 3.88. The number of rotatable bonds is 4. The molecule has 6 heteroatoms. The van der Waals surface area contributed by atoms with E-state index in [2.05, 4.69) is 15.9 Å². The van der Waals surface area contributed by atoms with Gasteiger partial charge in [0.05, 0.1) is 16.5 Å². The Morgan fingerprint density at radius 3 is 2.52 bits per heavy atom. The second-order valence-corrected chi connectivity index (χ2v) is 4.96. The van der Waals surface area contributed by atoms with Crippen LogP contribution in [0.3, 0.4) is 0 Å². The van der Waals surface area contributed by atoms with Crippen LogP contribution in [0, 0.1) is 17.1 Å². The summed E-state index contributed by atoms with van der Waals surface area (Å²) in [6.07, 6.45) is -0.0863. The molecule has 2 aromatic carbocycles. The molecule has 0 heterocycles. The molecule has 0 saturated heterocycles. The zero-order valence-corrected chi connectivity index (χ0v) is 12.2. The second-order valence-electron chi connectivity index (χ2n) is 4.17. The van der Waals surface area contributed by atoms with Crippen LogP contribution >= 0.6 is 15.9 Å². The maximum absolute atomic E-state index is 14.0. The van der Waals surface area contributed by atoms with Crippen molar-refractivity contribution in [3.05, 3.63) is 57.8 Å². The SMILES string of the molecule is N#Cc1ccc(Oc2ccc(CC(=O)O)cc2)c(F)c1Br. The number of hydrogen-bond acceptors (Lipinski definition) is 3. The summed E-state index contributed by atoms with van der Waals surface area (Å²) in [5.74, 6) is -1.24. The Bertz CT molecular complexity index is 723. The number of aliphatic carboxylic acids is 1. The van der Waals surface area contributed by atoms with E-state index < -0.39 is 11.8 Å². The Morgan fingerprint density at radius 1 is 1.29 bits per heavy atom. The van der Waals surface area contributed by atoms with Gasteiger partial charge in [-0.15, -0.1) is 0 Å². The standard InChI is InChI=1S/C15H9BrFNO3/c16-14-10(8-18)3-6-12(15(14)17)21-11-4-1-9(2-5-11)7-13(19)20/h1-6H,7H2,(H,19,20). The molecule has 106 valence electrons. The van der Waals surface area contributed by atoms with Crippen LogP contribution in [0.2, 0.25) is 0 Å². The fraction of sp³-hybridized carbons (Fsp3) is 0.0667. The topological polar surface area (TPSA) is 70.3 Å². The summed E-state index contributed by atoms with van der Waals surface area (Å²) in [4.78, 5) is 10.6. The molecular weight excluding hydrogens is 341 g/mol. The van der Waals surface area contributed by atoms with E-state index in [1.165, 1.54) is 12.1 Å². The highest BCUT2D eigenvalue weighted by molar-refractivity contribution is 9.10. The lowest BCUT2D eigenvalue weighted by atomic mass is 10.1. The van der Waals surface area contributed by atoms with Crippen molar-refractivity contribution in [3.8, 4) is 17.6 Å². The van der Waals surface area contributed by atoms with E-state index in [4.69, 9.17) is 15.1 Å². The molecule has 0 aliphatic rings. The Labute approximate surface area is 128 Å². The van der Waals surface area contributed by atoms with Gasteiger partial charge in [0.25, 0.3) is 0 Å². The van der Waals surface area contributed by atoms with Crippen molar-refractivity contribution in [3.63, 3.8) is 0 Å². The van der Waals surface area contributed by atoms with Crippen LogP contribution in [0.4, 0.5) is 4.39 Å². The van der Waals surface area contributed by atoms with Crippen molar-refractivity contribution < 1.29 is 19.0 Å². The fourth-order valence-corrected chi connectivity index (χ4v) is 2.09. The highest BCUT2D eigenvalue weighted by Crippen LogP contribution is 2.31. The van der Waals surface area contributed by atoms with Gasteiger partial charge in [-0.25, -0.2) is 4.39 Å². The molecule has 1 N–H and O–H groups in total. The van der Waals surface area contributed by atoms with Crippen LogP contribution < -0.4 is 4.74 Å². The molecule has 0 fully saturated rings. The monoisotopic (exact) mass is 349 g/mol. The third kappa shape index (κ3) is 3.58. The van der Waals surface area contributed by atoms with Gasteiger partial charge in [0.15, 0.2) is 11.6 Å². The maximum Gasteiger partial charge on any atom is 0.307 e. The second kappa shape index (κ2) is 6.37. The number of benzene rings is 2. The number of nitriles is 1. The Morgan fingerprint density at radius 2 is 1.95 bits per heavy atom. The minimum Gasteiger partial charge on any atom is -0.481 e. The van der Waals surface area contributed by atoms with Gasteiger partial charge in [-0.05, 0) is 45.8 Å². The van der Waals surface area contributed by atoms with E-state index in [0.717, 1.165) is 0 Å². The molecule has 4 nitrogen and oxygen atoms in total. The lowest BCUT2D eigenvalue weighted by Gasteiger charge is -2.09. The van der Waals surface area contributed by atoms with Gasteiger partial charge in [0, 0.05) is 0 Å². The van der Waals surface area contributed by atoms with Gasteiger partial charge < -0.3 is 9.84 Å². The molecule has 0 aromatic heterocycles. The molecule has 0 spiro atoms. The van der Waals surface area contributed by atoms with Gasteiger partial charge in [-0.1, -0.05) is 12.1 Å². The number of carboxylic acids is 1. The molecule has 0 bridgehead atoms. The van der Waals surface area contributed by atoms with E-state index in [1.54, 1.807) is 24.3 Å². The summed E-state index contributed by atoms with van der Waals surface area (Å²) in [5, 5.41) is 17.5. The largest absolute Gasteiger partial charge is 0.481 e. The average Bonchev–Trinajstić information content (AvgIpc) is 2.45. The predicted molar refractivity (Wildman–Crippen MR) is 76.7 cm³/mol. The molecule has 0 atom stereocenters. The third-order valence-corrected chi connectivity index (χ3v) is 3.45. The van der Waals surface area contributed by atoms with Crippen molar-refractivity contribution in [1.82, 2.24) is 0 Å². The molecule has 2 rings (SSSR count). The first-order chi connectivity index (χ1) is 10.0. The molecule has 0 saturated carbocycles. The van der Waals surface area contributed by atoms with Crippen LogP contribution in [0.25, 0.3) is 0 Å². The molecule has 0 aliphatic heterocycles. The van der Waals surface area contributed by atoms with Crippen molar-refractivity contribution in [2.24, 2.45) is 0 Å². The summed E-state index contributed by atoms with van der Waals surface area (Å²) in [5.41, 5.74) is 0.799. The summed E-state index contributed by atoms with van der Waals surface area (Å²) in [7, 11) is 0. The Hall–Kier alpha value is -2.39. The molecule has 0 radical (unpaired) electrons. The van der Waals surface area contributed by atoms with Gasteiger partial charge in [0.2, 0.25) is 0 Å². The minimum atomic E-state index is -0.925. The lowest BCUT2D eigenvalue weighted by Crippen LogP contribution is -1.99. The first-order valence-corrected chi connectivity index (χ1v) is 6.67. The molecule has 21 heavy (non-hydrogen) atoms. The molecular formula is C15H9BrFNO3. The summed E-state index contributed by atoms with van der Waals surface area (Å²) < 4.78 is 19.4. The maximum atomic E-state index is 14.0. The van der Waals surface area contributed by atoms with Crippen LogP contribution in [-0.2, 0) is 11.2 Å². The normalized spacial score (nSPS) is 9.95. The number of nitrogens with zero attached hydrogens (tertiary/aromatic N) is 1. The van der Waals surface area contributed by atoms with Crippen molar-refractivity contribution >= 4 is 21.9 Å². The van der Waals surface area contributed by atoms with Gasteiger partial charge in [-0.2, -0.15) is 5.26 Å². The van der Waals surface area contributed by atoms with Crippen LogP contribution in [0.15, 0.2) is 40.9 Å². The van der Waals surface area contributed by atoms with Gasteiger partial charge >= 0.3 is 5.97 Å². The van der Waals surface area contributed by atoms with Crippen LogP contribution in [0.5, 0.6) is 11.5 Å². The quantitative estimate of drug-likeness (QED) is 0.909. The Balaban J connectivity index is 2.21. The van der Waals surface area contributed by atoms with Crippen molar-refractivity contribution in [2.75, 3.05) is 0 Å². The summed E-state index contributed by atoms with van der Waals surface area (Å²) >= 11 is 3.00. The smallest absolute Gasteiger partial charge is 0.307 e.